The molecule has 0 saturated heterocycles. The van der Waals surface area contributed by atoms with E-state index in [1.165, 1.54) is 63.4 Å². The molecule has 1 nitrogen and oxygen atoms in total. The van der Waals surface area contributed by atoms with Crippen LogP contribution < -0.4 is 4.74 Å². The number of allylic oxidation sites excluding steroid dienone is 2. The van der Waals surface area contributed by atoms with E-state index in [0.717, 1.165) is 18.8 Å². The van der Waals surface area contributed by atoms with Crippen LogP contribution in [0.4, 0.5) is 0 Å². The number of unbranched alkanes of at least 4 members (excludes halogenated alkanes) is 2. The van der Waals surface area contributed by atoms with Crippen molar-refractivity contribution < 1.29 is 4.74 Å². The van der Waals surface area contributed by atoms with Crippen LogP contribution in [0.1, 0.15) is 89.5 Å². The fourth-order valence-corrected chi connectivity index (χ4v) is 3.41. The molecule has 0 fully saturated rings. The van der Waals surface area contributed by atoms with Crippen molar-refractivity contribution in [3.05, 3.63) is 41.5 Å². The van der Waals surface area contributed by atoms with Gasteiger partial charge in [-0.3, -0.25) is 0 Å². The fourth-order valence-electron chi connectivity index (χ4n) is 3.41. The summed E-state index contributed by atoms with van der Waals surface area (Å²) in [4.78, 5) is 0. The molecule has 1 aromatic carbocycles. The van der Waals surface area contributed by atoms with Gasteiger partial charge in [-0.05, 0) is 68.6 Å². The average molecular weight is 315 g/mol. The molecule has 0 heterocycles. The molecule has 2 rings (SSSR count). The summed E-state index contributed by atoms with van der Waals surface area (Å²) in [6.07, 6.45) is 15.4. The third kappa shape index (κ3) is 6.41. The summed E-state index contributed by atoms with van der Waals surface area (Å²) in [5, 5.41) is 0. The summed E-state index contributed by atoms with van der Waals surface area (Å²) in [6, 6.07) is 8.92. The molecule has 1 aromatic rings. The Bertz CT molecular complexity index is 457. The Morgan fingerprint density at radius 3 is 2.43 bits per heavy atom. The van der Waals surface area contributed by atoms with Crippen molar-refractivity contribution >= 4 is 0 Å². The van der Waals surface area contributed by atoms with E-state index in [-0.39, 0.29) is 0 Å². The van der Waals surface area contributed by atoms with Crippen LogP contribution in [0.3, 0.4) is 0 Å². The van der Waals surface area contributed by atoms with E-state index in [1.54, 1.807) is 5.57 Å². The van der Waals surface area contributed by atoms with E-state index in [0.29, 0.717) is 5.92 Å². The van der Waals surface area contributed by atoms with E-state index < -0.39 is 0 Å². The van der Waals surface area contributed by atoms with E-state index >= 15 is 0 Å². The second kappa shape index (κ2) is 10.5. The maximum Gasteiger partial charge on any atom is 0.119 e. The zero-order valence-corrected chi connectivity index (χ0v) is 15.2. The van der Waals surface area contributed by atoms with Gasteiger partial charge in [0, 0.05) is 0 Å². The lowest BCUT2D eigenvalue weighted by atomic mass is 9.84. The molecule has 1 atom stereocenters. The van der Waals surface area contributed by atoms with Crippen LogP contribution in [0.25, 0.3) is 0 Å². The molecule has 1 aliphatic rings. The summed E-state index contributed by atoms with van der Waals surface area (Å²) in [5.41, 5.74) is 3.19. The van der Waals surface area contributed by atoms with Crippen molar-refractivity contribution in [2.75, 3.05) is 6.61 Å². The van der Waals surface area contributed by atoms with E-state index in [9.17, 15) is 0 Å². The second-order valence-electron chi connectivity index (χ2n) is 6.92. The van der Waals surface area contributed by atoms with Gasteiger partial charge in [-0.15, -0.1) is 0 Å². The Balaban J connectivity index is 1.97. The molecule has 1 unspecified atom stereocenters. The highest BCUT2D eigenvalue weighted by Gasteiger charge is 2.15. The highest BCUT2D eigenvalue weighted by atomic mass is 16.5. The minimum atomic E-state index is 0.684. The fraction of sp³-hybridized carbons (Fsp3) is 0.636. The van der Waals surface area contributed by atoms with Gasteiger partial charge in [0.2, 0.25) is 0 Å². The largest absolute Gasteiger partial charge is 0.494 e. The first-order chi connectivity index (χ1) is 11.3. The van der Waals surface area contributed by atoms with Crippen molar-refractivity contribution in [2.45, 2.75) is 84.0 Å². The van der Waals surface area contributed by atoms with Crippen LogP contribution in [0.5, 0.6) is 5.75 Å². The Hall–Kier alpha value is -1.24. The molecule has 23 heavy (non-hydrogen) atoms. The predicted molar refractivity (Wildman–Crippen MR) is 100 cm³/mol. The molecule has 128 valence electrons. The Labute approximate surface area is 143 Å². The number of benzene rings is 1. The molecule has 0 amide bonds. The van der Waals surface area contributed by atoms with Crippen LogP contribution in [-0.2, 0) is 0 Å². The number of hydrogen-bond donors (Lipinski definition) is 0. The van der Waals surface area contributed by atoms with Gasteiger partial charge >= 0.3 is 0 Å². The van der Waals surface area contributed by atoms with Crippen LogP contribution in [0.2, 0.25) is 0 Å². The van der Waals surface area contributed by atoms with Gasteiger partial charge in [-0.2, -0.15) is 0 Å². The molecular formula is C22H34O. The monoisotopic (exact) mass is 314 g/mol. The molecule has 0 aliphatic heterocycles. The molecule has 0 aromatic heterocycles. The summed E-state index contributed by atoms with van der Waals surface area (Å²) < 4.78 is 5.80. The van der Waals surface area contributed by atoms with Crippen LogP contribution in [0, 0.1) is 0 Å². The number of hydrogen-bond acceptors (Lipinski definition) is 1. The van der Waals surface area contributed by atoms with Gasteiger partial charge in [0.1, 0.15) is 5.75 Å². The maximum atomic E-state index is 5.80. The highest BCUT2D eigenvalue weighted by molar-refractivity contribution is 5.30. The molecule has 1 heteroatoms. The lowest BCUT2D eigenvalue weighted by Gasteiger charge is -2.21. The summed E-state index contributed by atoms with van der Waals surface area (Å²) >= 11 is 0. The zero-order chi connectivity index (χ0) is 16.3. The molecule has 1 aliphatic carbocycles. The van der Waals surface area contributed by atoms with Crippen molar-refractivity contribution in [1.82, 2.24) is 0 Å². The van der Waals surface area contributed by atoms with Gasteiger partial charge < -0.3 is 4.74 Å². The van der Waals surface area contributed by atoms with E-state index in [4.69, 9.17) is 4.74 Å². The SMILES string of the molecule is CCCCOc1ccc(C(CCCC)CC2=CCCCC2)cc1. The standard InChI is InChI=1S/C22H34O/c1-3-5-12-21(18-19-10-8-7-9-11-19)20-13-15-22(16-14-20)23-17-6-4-2/h10,13-16,21H,3-9,11-12,17-18H2,1-2H3. The third-order valence-corrected chi connectivity index (χ3v) is 4.92. The summed E-state index contributed by atoms with van der Waals surface area (Å²) in [7, 11) is 0. The molecule has 0 saturated carbocycles. The summed E-state index contributed by atoms with van der Waals surface area (Å²) in [6.45, 7) is 5.33. The predicted octanol–water partition coefficient (Wildman–Crippen LogP) is 7.03. The molecular weight excluding hydrogens is 280 g/mol. The van der Waals surface area contributed by atoms with Gasteiger partial charge in [0.25, 0.3) is 0 Å². The van der Waals surface area contributed by atoms with Crippen molar-refractivity contribution in [2.24, 2.45) is 0 Å². The van der Waals surface area contributed by atoms with Gasteiger partial charge in [0.05, 0.1) is 6.61 Å². The van der Waals surface area contributed by atoms with Crippen LogP contribution in [0.15, 0.2) is 35.9 Å². The smallest absolute Gasteiger partial charge is 0.119 e. The number of rotatable bonds is 10. The van der Waals surface area contributed by atoms with Crippen molar-refractivity contribution in [3.8, 4) is 5.75 Å². The average Bonchev–Trinajstić information content (AvgIpc) is 2.60. The summed E-state index contributed by atoms with van der Waals surface area (Å²) in [5.74, 6) is 1.71. The normalized spacial score (nSPS) is 16.0. The first-order valence-electron chi connectivity index (χ1n) is 9.74. The molecule has 0 N–H and O–H groups in total. The van der Waals surface area contributed by atoms with Gasteiger partial charge in [-0.1, -0.05) is 56.9 Å². The molecule has 0 bridgehead atoms. The van der Waals surface area contributed by atoms with Crippen molar-refractivity contribution in [1.29, 1.82) is 0 Å². The zero-order valence-electron chi connectivity index (χ0n) is 15.2. The van der Waals surface area contributed by atoms with E-state index in [1.807, 2.05) is 0 Å². The first-order valence-corrected chi connectivity index (χ1v) is 9.74. The lowest BCUT2D eigenvalue weighted by Crippen LogP contribution is -2.04. The minimum Gasteiger partial charge on any atom is -0.494 e. The third-order valence-electron chi connectivity index (χ3n) is 4.92. The highest BCUT2D eigenvalue weighted by Crippen LogP contribution is 2.33. The first kappa shape index (κ1) is 18.1. The van der Waals surface area contributed by atoms with Crippen LogP contribution >= 0.6 is 0 Å². The quantitative estimate of drug-likeness (QED) is 0.333. The van der Waals surface area contributed by atoms with Crippen molar-refractivity contribution in [3.63, 3.8) is 0 Å². The minimum absolute atomic E-state index is 0.684. The van der Waals surface area contributed by atoms with Gasteiger partial charge in [0.15, 0.2) is 0 Å². The van der Waals surface area contributed by atoms with Crippen LogP contribution in [-0.4, -0.2) is 6.61 Å². The second-order valence-corrected chi connectivity index (χ2v) is 6.92. The molecule has 0 spiro atoms. The Kier molecular flexibility index (Phi) is 8.28. The Morgan fingerprint density at radius 2 is 1.78 bits per heavy atom. The Morgan fingerprint density at radius 1 is 1.00 bits per heavy atom. The lowest BCUT2D eigenvalue weighted by molar-refractivity contribution is 0.309. The molecule has 0 radical (unpaired) electrons. The topological polar surface area (TPSA) is 9.23 Å². The number of ether oxygens (including phenoxy) is 1. The van der Waals surface area contributed by atoms with E-state index in [2.05, 4.69) is 44.2 Å². The van der Waals surface area contributed by atoms with Gasteiger partial charge in [-0.25, -0.2) is 0 Å². The maximum absolute atomic E-state index is 5.80.